The Morgan fingerprint density at radius 3 is 2.67 bits per heavy atom. The van der Waals surface area contributed by atoms with Crippen molar-refractivity contribution in [3.63, 3.8) is 0 Å². The number of ether oxygens (including phenoxy) is 1. The number of carbonyl (C=O) groups excluding carboxylic acids is 1. The van der Waals surface area contributed by atoms with E-state index in [2.05, 4.69) is 18.4 Å². The van der Waals surface area contributed by atoms with Crippen LogP contribution in [0.1, 0.15) is 19.3 Å². The molecule has 1 unspecified atom stereocenters. The molecule has 0 aromatic rings. The Morgan fingerprint density at radius 2 is 2.07 bits per heavy atom. The van der Waals surface area contributed by atoms with Crippen LogP contribution in [0, 0.1) is 0 Å². The second-order valence-corrected chi connectivity index (χ2v) is 4.30. The summed E-state index contributed by atoms with van der Waals surface area (Å²) < 4.78 is 5.20. The lowest BCUT2D eigenvalue weighted by molar-refractivity contribution is -0.407. The van der Waals surface area contributed by atoms with Gasteiger partial charge in [-0.25, -0.2) is 0 Å². The van der Waals surface area contributed by atoms with Crippen LogP contribution < -0.4 is 5.73 Å². The molecule has 5 heteroatoms. The monoisotopic (exact) mass is 233 g/mol. The van der Waals surface area contributed by atoms with Crippen molar-refractivity contribution < 1.29 is 15.3 Å². The third-order valence-electron chi connectivity index (χ3n) is 2.63. The van der Waals surface area contributed by atoms with E-state index in [0.717, 1.165) is 38.1 Å². The van der Waals surface area contributed by atoms with Crippen LogP contribution in [0.3, 0.4) is 0 Å². The highest BCUT2D eigenvalue weighted by molar-refractivity contribution is 7.80. The number of hydrogen-bond acceptors (Lipinski definition) is 3. The SMILES string of the molecule is [NH3+]C(CCCCS)C(=O)N1CCOCC1. The standard InChI is InChI=1S/C10H20N2O2S/c11-9(3-1-2-8-15)10(13)12-4-6-14-7-5-12/h9,15H,1-8,11H2/p+1. The van der Waals surface area contributed by atoms with Gasteiger partial charge >= 0.3 is 0 Å². The molecule has 1 heterocycles. The molecule has 1 saturated heterocycles. The van der Waals surface area contributed by atoms with Gasteiger partial charge < -0.3 is 15.4 Å². The van der Waals surface area contributed by atoms with Crippen molar-refractivity contribution in [3.8, 4) is 0 Å². The Balaban J connectivity index is 2.24. The summed E-state index contributed by atoms with van der Waals surface area (Å²) in [5.41, 5.74) is 3.93. The van der Waals surface area contributed by atoms with E-state index in [1.807, 2.05) is 4.90 Å². The first-order chi connectivity index (χ1) is 7.25. The number of morpholine rings is 1. The van der Waals surface area contributed by atoms with Crippen LogP contribution in [0.4, 0.5) is 0 Å². The molecule has 0 saturated carbocycles. The summed E-state index contributed by atoms with van der Waals surface area (Å²) in [6.45, 7) is 2.76. The fourth-order valence-corrected chi connectivity index (χ4v) is 1.89. The number of unbranched alkanes of at least 4 members (excludes halogenated alkanes) is 1. The van der Waals surface area contributed by atoms with Gasteiger partial charge in [-0.3, -0.25) is 4.79 Å². The number of thiol groups is 1. The van der Waals surface area contributed by atoms with Crippen LogP contribution in [0.2, 0.25) is 0 Å². The topological polar surface area (TPSA) is 57.2 Å². The number of quaternary nitrogens is 1. The number of hydrogen-bond donors (Lipinski definition) is 2. The first kappa shape index (κ1) is 12.8. The first-order valence-electron chi connectivity index (χ1n) is 5.56. The second-order valence-electron chi connectivity index (χ2n) is 3.85. The Labute approximate surface area is 96.5 Å². The normalized spacial score (nSPS) is 18.9. The minimum Gasteiger partial charge on any atom is -0.378 e. The van der Waals surface area contributed by atoms with E-state index in [4.69, 9.17) is 4.74 Å². The summed E-state index contributed by atoms with van der Waals surface area (Å²) in [5, 5.41) is 0. The fraction of sp³-hybridized carbons (Fsp3) is 0.900. The molecule has 3 N–H and O–H groups in total. The first-order valence-corrected chi connectivity index (χ1v) is 6.19. The maximum atomic E-state index is 11.9. The molecular formula is C10H21N2O2S+. The Morgan fingerprint density at radius 1 is 1.40 bits per heavy atom. The van der Waals surface area contributed by atoms with E-state index in [9.17, 15) is 4.79 Å². The molecule has 0 spiro atoms. The minimum atomic E-state index is -0.0945. The zero-order chi connectivity index (χ0) is 11.1. The quantitative estimate of drug-likeness (QED) is 0.499. The average Bonchev–Trinajstić information content (AvgIpc) is 2.29. The zero-order valence-electron chi connectivity index (χ0n) is 9.15. The lowest BCUT2D eigenvalue weighted by atomic mass is 10.1. The Kier molecular flexibility index (Phi) is 6.05. The van der Waals surface area contributed by atoms with Gasteiger partial charge in [0, 0.05) is 19.5 Å². The molecule has 0 aliphatic carbocycles. The van der Waals surface area contributed by atoms with Crippen molar-refractivity contribution in [1.29, 1.82) is 0 Å². The van der Waals surface area contributed by atoms with Crippen molar-refractivity contribution in [1.82, 2.24) is 4.90 Å². The van der Waals surface area contributed by atoms with Crippen molar-refractivity contribution in [2.75, 3.05) is 32.1 Å². The van der Waals surface area contributed by atoms with E-state index in [1.165, 1.54) is 0 Å². The van der Waals surface area contributed by atoms with Crippen LogP contribution in [0.25, 0.3) is 0 Å². The average molecular weight is 233 g/mol. The van der Waals surface area contributed by atoms with Gasteiger partial charge in [-0.2, -0.15) is 12.6 Å². The second kappa shape index (κ2) is 7.09. The molecular weight excluding hydrogens is 212 g/mol. The molecule has 1 aliphatic rings. The van der Waals surface area contributed by atoms with Gasteiger partial charge in [-0.05, 0) is 18.6 Å². The molecule has 1 atom stereocenters. The number of nitrogens with zero attached hydrogens (tertiary/aromatic N) is 1. The molecule has 15 heavy (non-hydrogen) atoms. The summed E-state index contributed by atoms with van der Waals surface area (Å²) in [6.07, 6.45) is 2.97. The lowest BCUT2D eigenvalue weighted by Crippen LogP contribution is -2.68. The Hall–Kier alpha value is -0.260. The fourth-order valence-electron chi connectivity index (χ4n) is 1.67. The van der Waals surface area contributed by atoms with Crippen molar-refractivity contribution in [2.45, 2.75) is 25.3 Å². The third-order valence-corrected chi connectivity index (χ3v) is 2.95. The molecule has 1 amide bonds. The smallest absolute Gasteiger partial charge is 0.280 e. The van der Waals surface area contributed by atoms with Crippen molar-refractivity contribution in [2.24, 2.45) is 0 Å². The van der Waals surface area contributed by atoms with E-state index in [0.29, 0.717) is 13.2 Å². The van der Waals surface area contributed by atoms with Gasteiger partial charge in [0.25, 0.3) is 5.91 Å². The largest absolute Gasteiger partial charge is 0.378 e. The van der Waals surface area contributed by atoms with Gasteiger partial charge in [-0.15, -0.1) is 0 Å². The lowest BCUT2D eigenvalue weighted by Gasteiger charge is -2.27. The van der Waals surface area contributed by atoms with Gasteiger partial charge in [-0.1, -0.05) is 0 Å². The van der Waals surface area contributed by atoms with Crippen LogP contribution in [-0.4, -0.2) is 48.9 Å². The van der Waals surface area contributed by atoms with Gasteiger partial charge in [0.05, 0.1) is 13.2 Å². The molecule has 1 rings (SSSR count). The van der Waals surface area contributed by atoms with Gasteiger partial charge in [0.1, 0.15) is 0 Å². The number of rotatable bonds is 5. The molecule has 88 valence electrons. The maximum Gasteiger partial charge on any atom is 0.280 e. The molecule has 1 fully saturated rings. The van der Waals surface area contributed by atoms with Crippen molar-refractivity contribution in [3.05, 3.63) is 0 Å². The molecule has 4 nitrogen and oxygen atoms in total. The van der Waals surface area contributed by atoms with Crippen LogP contribution in [0.15, 0.2) is 0 Å². The highest BCUT2D eigenvalue weighted by atomic mass is 32.1. The third kappa shape index (κ3) is 4.40. The highest BCUT2D eigenvalue weighted by Gasteiger charge is 2.24. The molecule has 0 aromatic heterocycles. The summed E-state index contributed by atoms with van der Waals surface area (Å²) in [7, 11) is 0. The van der Waals surface area contributed by atoms with E-state index < -0.39 is 0 Å². The predicted octanol–water partition coefficient (Wildman–Crippen LogP) is -0.444. The Bertz CT molecular complexity index is 196. The van der Waals surface area contributed by atoms with Crippen LogP contribution in [0.5, 0.6) is 0 Å². The number of carbonyl (C=O) groups is 1. The molecule has 0 radical (unpaired) electrons. The van der Waals surface area contributed by atoms with E-state index in [-0.39, 0.29) is 11.9 Å². The van der Waals surface area contributed by atoms with E-state index in [1.54, 1.807) is 0 Å². The molecule has 0 bridgehead atoms. The van der Waals surface area contributed by atoms with Crippen molar-refractivity contribution >= 4 is 18.5 Å². The zero-order valence-corrected chi connectivity index (χ0v) is 10.0. The summed E-state index contributed by atoms with van der Waals surface area (Å²) in [5.74, 6) is 1.07. The van der Waals surface area contributed by atoms with Crippen LogP contribution in [-0.2, 0) is 9.53 Å². The summed E-state index contributed by atoms with van der Waals surface area (Å²) in [6, 6.07) is -0.0945. The predicted molar refractivity (Wildman–Crippen MR) is 61.8 cm³/mol. The summed E-state index contributed by atoms with van der Waals surface area (Å²) >= 11 is 4.14. The minimum absolute atomic E-state index is 0.0945. The van der Waals surface area contributed by atoms with E-state index >= 15 is 0 Å². The summed E-state index contributed by atoms with van der Waals surface area (Å²) in [4.78, 5) is 13.7. The molecule has 0 aromatic carbocycles. The van der Waals surface area contributed by atoms with Crippen LogP contribution >= 0.6 is 12.6 Å². The van der Waals surface area contributed by atoms with Gasteiger partial charge in [0.15, 0.2) is 6.04 Å². The number of amides is 1. The molecule has 1 aliphatic heterocycles. The highest BCUT2D eigenvalue weighted by Crippen LogP contribution is 2.04. The van der Waals surface area contributed by atoms with Gasteiger partial charge in [0.2, 0.25) is 0 Å². The maximum absolute atomic E-state index is 11.9.